The molecular weight excluding hydrogens is 227 g/mol. The van der Waals surface area contributed by atoms with Gasteiger partial charge in [0.2, 0.25) is 0 Å². The Labute approximate surface area is 109 Å². The molecule has 0 amide bonds. The Bertz CT molecular complexity index is 379. The predicted octanol–water partition coefficient (Wildman–Crippen LogP) is 3.04. The molecule has 1 unspecified atom stereocenters. The smallest absolute Gasteiger partial charge is 0.125 e. The molecule has 1 saturated heterocycles. The summed E-state index contributed by atoms with van der Waals surface area (Å²) in [6.45, 7) is 7.52. The van der Waals surface area contributed by atoms with Crippen molar-refractivity contribution in [3.8, 4) is 0 Å². The molecule has 0 aliphatic carbocycles. The molecule has 1 fully saturated rings. The fraction of sp³-hybridized carbons (Fsp3) is 0.600. The van der Waals surface area contributed by atoms with Crippen LogP contribution in [-0.2, 0) is 0 Å². The molecule has 1 atom stereocenters. The third-order valence-electron chi connectivity index (χ3n) is 3.41. The molecule has 1 aliphatic rings. The van der Waals surface area contributed by atoms with Crippen molar-refractivity contribution >= 4 is 5.69 Å². The van der Waals surface area contributed by atoms with E-state index in [9.17, 15) is 4.39 Å². The lowest BCUT2D eigenvalue weighted by Crippen LogP contribution is -2.46. The summed E-state index contributed by atoms with van der Waals surface area (Å²) >= 11 is 0. The van der Waals surface area contributed by atoms with Crippen LogP contribution in [-0.4, -0.2) is 25.7 Å². The summed E-state index contributed by atoms with van der Waals surface area (Å²) in [5.74, 6) is 0.527. The van der Waals surface area contributed by atoms with Crippen LogP contribution < -0.4 is 10.2 Å². The van der Waals surface area contributed by atoms with E-state index in [2.05, 4.69) is 24.1 Å². The van der Waals surface area contributed by atoms with E-state index in [1.165, 1.54) is 18.9 Å². The van der Waals surface area contributed by atoms with E-state index in [0.29, 0.717) is 12.0 Å². The summed E-state index contributed by atoms with van der Waals surface area (Å²) < 4.78 is 13.2. The highest BCUT2D eigenvalue weighted by atomic mass is 19.1. The minimum Gasteiger partial charge on any atom is -0.370 e. The Balaban J connectivity index is 1.94. The molecule has 1 heterocycles. The van der Waals surface area contributed by atoms with Gasteiger partial charge in [0, 0.05) is 24.8 Å². The van der Waals surface area contributed by atoms with Crippen molar-refractivity contribution in [1.82, 2.24) is 5.32 Å². The first-order chi connectivity index (χ1) is 8.65. The fourth-order valence-electron chi connectivity index (χ4n) is 2.45. The highest BCUT2D eigenvalue weighted by Gasteiger charge is 2.19. The number of rotatable bonds is 4. The Morgan fingerprint density at radius 3 is 3.00 bits per heavy atom. The van der Waals surface area contributed by atoms with Crippen molar-refractivity contribution in [3.63, 3.8) is 0 Å². The number of anilines is 1. The van der Waals surface area contributed by atoms with Gasteiger partial charge in [-0.25, -0.2) is 4.39 Å². The van der Waals surface area contributed by atoms with Gasteiger partial charge in [-0.1, -0.05) is 19.9 Å². The van der Waals surface area contributed by atoms with E-state index in [0.717, 1.165) is 25.3 Å². The molecule has 1 N–H and O–H groups in total. The first-order valence-corrected chi connectivity index (χ1v) is 6.89. The average molecular weight is 250 g/mol. The maximum absolute atomic E-state index is 13.2. The molecule has 0 saturated carbocycles. The van der Waals surface area contributed by atoms with Crippen LogP contribution in [0.3, 0.4) is 0 Å². The maximum Gasteiger partial charge on any atom is 0.125 e. The van der Waals surface area contributed by atoms with Crippen molar-refractivity contribution in [1.29, 1.82) is 0 Å². The quantitative estimate of drug-likeness (QED) is 0.883. The van der Waals surface area contributed by atoms with Gasteiger partial charge in [-0.15, -0.1) is 0 Å². The minimum atomic E-state index is -0.148. The van der Waals surface area contributed by atoms with Crippen LogP contribution in [0, 0.1) is 11.7 Å². The predicted molar refractivity (Wildman–Crippen MR) is 74.5 cm³/mol. The number of hydrogen-bond acceptors (Lipinski definition) is 2. The molecule has 100 valence electrons. The van der Waals surface area contributed by atoms with Crippen LogP contribution in [0.4, 0.5) is 10.1 Å². The largest absolute Gasteiger partial charge is 0.370 e. The van der Waals surface area contributed by atoms with Gasteiger partial charge in [-0.05, 0) is 43.5 Å². The fourth-order valence-corrected chi connectivity index (χ4v) is 2.45. The lowest BCUT2D eigenvalue weighted by molar-refractivity contribution is 0.399. The lowest BCUT2D eigenvalue weighted by atomic mass is 10.0. The number of piperidine rings is 1. The number of halogens is 1. The molecule has 3 heteroatoms. The molecule has 1 aromatic carbocycles. The SMILES string of the molecule is CC(C)CNC1CCCN(c2cccc(F)c2)C1. The van der Waals surface area contributed by atoms with E-state index >= 15 is 0 Å². The number of hydrogen-bond donors (Lipinski definition) is 1. The zero-order chi connectivity index (χ0) is 13.0. The molecule has 2 rings (SSSR count). The molecule has 0 aromatic heterocycles. The zero-order valence-electron chi connectivity index (χ0n) is 11.3. The van der Waals surface area contributed by atoms with Gasteiger partial charge in [-0.3, -0.25) is 0 Å². The first kappa shape index (κ1) is 13.3. The second kappa shape index (κ2) is 6.19. The standard InChI is InChI=1S/C15H23FN2/c1-12(2)10-17-14-6-4-8-18(11-14)15-7-3-5-13(16)9-15/h3,5,7,9,12,14,17H,4,6,8,10-11H2,1-2H3. The third kappa shape index (κ3) is 3.70. The molecular formula is C15H23FN2. The van der Waals surface area contributed by atoms with Crippen LogP contribution >= 0.6 is 0 Å². The van der Waals surface area contributed by atoms with Crippen molar-refractivity contribution < 1.29 is 4.39 Å². The molecule has 0 radical (unpaired) electrons. The van der Waals surface area contributed by atoms with Crippen molar-refractivity contribution in [2.45, 2.75) is 32.7 Å². The average Bonchev–Trinajstić information content (AvgIpc) is 2.37. The molecule has 1 aliphatic heterocycles. The van der Waals surface area contributed by atoms with E-state index in [1.54, 1.807) is 12.1 Å². The topological polar surface area (TPSA) is 15.3 Å². The molecule has 0 spiro atoms. The highest BCUT2D eigenvalue weighted by Crippen LogP contribution is 2.20. The van der Waals surface area contributed by atoms with Gasteiger partial charge in [0.15, 0.2) is 0 Å². The van der Waals surface area contributed by atoms with Crippen molar-refractivity contribution in [2.24, 2.45) is 5.92 Å². The maximum atomic E-state index is 13.2. The van der Waals surface area contributed by atoms with Crippen LogP contribution in [0.5, 0.6) is 0 Å². The van der Waals surface area contributed by atoms with E-state index in [-0.39, 0.29) is 5.82 Å². The van der Waals surface area contributed by atoms with E-state index < -0.39 is 0 Å². The van der Waals surface area contributed by atoms with Gasteiger partial charge in [-0.2, -0.15) is 0 Å². The molecule has 0 bridgehead atoms. The minimum absolute atomic E-state index is 0.148. The highest BCUT2D eigenvalue weighted by molar-refractivity contribution is 5.47. The Morgan fingerprint density at radius 1 is 1.44 bits per heavy atom. The molecule has 18 heavy (non-hydrogen) atoms. The van der Waals surface area contributed by atoms with Gasteiger partial charge in [0.1, 0.15) is 5.82 Å². The molecule has 2 nitrogen and oxygen atoms in total. The summed E-state index contributed by atoms with van der Waals surface area (Å²) in [6.07, 6.45) is 2.39. The Morgan fingerprint density at radius 2 is 2.28 bits per heavy atom. The van der Waals surface area contributed by atoms with Gasteiger partial charge in [0.25, 0.3) is 0 Å². The summed E-state index contributed by atoms with van der Waals surface area (Å²) in [7, 11) is 0. The summed E-state index contributed by atoms with van der Waals surface area (Å²) in [5, 5.41) is 3.60. The van der Waals surface area contributed by atoms with E-state index in [4.69, 9.17) is 0 Å². The van der Waals surface area contributed by atoms with Gasteiger partial charge in [0.05, 0.1) is 0 Å². The zero-order valence-corrected chi connectivity index (χ0v) is 11.3. The van der Waals surface area contributed by atoms with Gasteiger partial charge >= 0.3 is 0 Å². The summed E-state index contributed by atoms with van der Waals surface area (Å²) in [6, 6.07) is 7.45. The number of nitrogens with one attached hydrogen (secondary N) is 1. The third-order valence-corrected chi connectivity index (χ3v) is 3.41. The first-order valence-electron chi connectivity index (χ1n) is 6.89. The Hall–Kier alpha value is -1.09. The lowest BCUT2D eigenvalue weighted by Gasteiger charge is -2.35. The van der Waals surface area contributed by atoms with Crippen molar-refractivity contribution in [3.05, 3.63) is 30.1 Å². The Kier molecular flexibility index (Phi) is 4.59. The summed E-state index contributed by atoms with van der Waals surface area (Å²) in [5.41, 5.74) is 1.01. The van der Waals surface area contributed by atoms with Crippen LogP contribution in [0.15, 0.2) is 24.3 Å². The summed E-state index contributed by atoms with van der Waals surface area (Å²) in [4.78, 5) is 2.28. The van der Waals surface area contributed by atoms with E-state index in [1.807, 2.05) is 6.07 Å². The van der Waals surface area contributed by atoms with Gasteiger partial charge < -0.3 is 10.2 Å². The monoisotopic (exact) mass is 250 g/mol. The number of nitrogens with zero attached hydrogens (tertiary/aromatic N) is 1. The van der Waals surface area contributed by atoms with Crippen molar-refractivity contribution in [2.75, 3.05) is 24.5 Å². The second-order valence-corrected chi connectivity index (χ2v) is 5.57. The second-order valence-electron chi connectivity index (χ2n) is 5.57. The normalized spacial score (nSPS) is 20.4. The van der Waals surface area contributed by atoms with Crippen LogP contribution in [0.1, 0.15) is 26.7 Å². The van der Waals surface area contributed by atoms with Crippen LogP contribution in [0.25, 0.3) is 0 Å². The number of benzene rings is 1. The molecule has 1 aromatic rings. The van der Waals surface area contributed by atoms with Crippen LogP contribution in [0.2, 0.25) is 0 Å².